The first-order chi connectivity index (χ1) is 21.2. The Morgan fingerprint density at radius 1 is 1.18 bits per heavy atom. The fraction of sp³-hybridized carbons (Fsp3) is 0.294. The number of pyridine rings is 1. The summed E-state index contributed by atoms with van der Waals surface area (Å²) in [6.07, 6.45) is 11.3. The largest absolute Gasteiger partial charge is 0.453 e. The summed E-state index contributed by atoms with van der Waals surface area (Å²) in [5.41, 5.74) is 4.24. The van der Waals surface area contributed by atoms with Crippen molar-refractivity contribution in [3.05, 3.63) is 82.4 Å². The second kappa shape index (κ2) is 13.3. The molecule has 2 atom stereocenters. The molecule has 3 amide bonds. The summed E-state index contributed by atoms with van der Waals surface area (Å²) in [6.45, 7) is 2.22. The van der Waals surface area contributed by atoms with E-state index in [2.05, 4.69) is 21.5 Å². The van der Waals surface area contributed by atoms with Crippen molar-refractivity contribution in [1.82, 2.24) is 9.88 Å². The van der Waals surface area contributed by atoms with Crippen LogP contribution in [0.1, 0.15) is 61.9 Å². The minimum atomic E-state index is -0.632. The number of nitrogens with one attached hydrogen (secondary N) is 2. The number of terminal acetylenes is 1. The van der Waals surface area contributed by atoms with Gasteiger partial charge in [-0.1, -0.05) is 43.4 Å². The SMILES string of the molecule is C#Cc1ccc(Cl)c(F)c1C1=CC(=O)N([C@H]2CCCC[C@@H](C)C(=O)Nc3cc(NC(=O)OC)ccc3-c3ccnc2c3)CC1. The van der Waals surface area contributed by atoms with Crippen LogP contribution in [0.15, 0.2) is 54.7 Å². The van der Waals surface area contributed by atoms with Crippen molar-refractivity contribution in [2.75, 3.05) is 24.3 Å². The Morgan fingerprint density at radius 3 is 2.73 bits per heavy atom. The van der Waals surface area contributed by atoms with Gasteiger partial charge in [-0.3, -0.25) is 19.9 Å². The van der Waals surface area contributed by atoms with E-state index in [0.29, 0.717) is 54.0 Å². The van der Waals surface area contributed by atoms with Gasteiger partial charge in [-0.25, -0.2) is 9.18 Å². The van der Waals surface area contributed by atoms with Crippen molar-refractivity contribution in [2.45, 2.75) is 45.1 Å². The van der Waals surface area contributed by atoms with Gasteiger partial charge in [-0.2, -0.15) is 0 Å². The van der Waals surface area contributed by atoms with Crippen LogP contribution < -0.4 is 10.6 Å². The predicted octanol–water partition coefficient (Wildman–Crippen LogP) is 7.21. The lowest BCUT2D eigenvalue weighted by Gasteiger charge is -2.34. The number of carbonyl (C=O) groups is 3. The highest BCUT2D eigenvalue weighted by Gasteiger charge is 2.31. The Labute approximate surface area is 260 Å². The topological polar surface area (TPSA) is 101 Å². The van der Waals surface area contributed by atoms with Gasteiger partial charge in [0.05, 0.1) is 29.6 Å². The lowest BCUT2D eigenvalue weighted by Crippen LogP contribution is -2.38. The molecule has 0 aliphatic carbocycles. The molecule has 2 bridgehead atoms. The summed E-state index contributed by atoms with van der Waals surface area (Å²) >= 11 is 6.05. The molecule has 226 valence electrons. The van der Waals surface area contributed by atoms with Crippen LogP contribution in [0.25, 0.3) is 16.7 Å². The number of aromatic nitrogens is 1. The number of carbonyl (C=O) groups excluding carboxylic acids is 3. The van der Waals surface area contributed by atoms with Crippen LogP contribution in [0.4, 0.5) is 20.6 Å². The normalized spacial score (nSPS) is 18.8. The van der Waals surface area contributed by atoms with Crippen LogP contribution >= 0.6 is 11.6 Å². The summed E-state index contributed by atoms with van der Waals surface area (Å²) in [7, 11) is 1.28. The maximum absolute atomic E-state index is 15.1. The maximum atomic E-state index is 15.1. The van der Waals surface area contributed by atoms with Crippen molar-refractivity contribution >= 4 is 46.5 Å². The Bertz CT molecular complexity index is 1700. The number of hydrogen-bond donors (Lipinski definition) is 2. The van der Waals surface area contributed by atoms with Gasteiger partial charge in [0, 0.05) is 47.1 Å². The van der Waals surface area contributed by atoms with E-state index in [0.717, 1.165) is 24.0 Å². The van der Waals surface area contributed by atoms with Crippen molar-refractivity contribution in [3.63, 3.8) is 0 Å². The van der Waals surface area contributed by atoms with E-state index in [-0.39, 0.29) is 34.4 Å². The quantitative estimate of drug-likeness (QED) is 0.304. The number of anilines is 2. The zero-order valence-electron chi connectivity index (χ0n) is 24.5. The number of benzene rings is 2. The Morgan fingerprint density at radius 2 is 1.98 bits per heavy atom. The highest BCUT2D eigenvalue weighted by molar-refractivity contribution is 6.31. The summed E-state index contributed by atoms with van der Waals surface area (Å²) in [5.74, 6) is 1.21. The van der Waals surface area contributed by atoms with Crippen molar-refractivity contribution in [2.24, 2.45) is 5.92 Å². The summed E-state index contributed by atoms with van der Waals surface area (Å²) in [6, 6.07) is 11.6. The van der Waals surface area contributed by atoms with Gasteiger partial charge >= 0.3 is 6.09 Å². The Hall–Kier alpha value is -4.68. The third-order valence-corrected chi connectivity index (χ3v) is 8.40. The molecule has 10 heteroatoms. The minimum absolute atomic E-state index is 0.0540. The van der Waals surface area contributed by atoms with Crippen molar-refractivity contribution in [3.8, 4) is 23.5 Å². The Kier molecular flexibility index (Phi) is 9.31. The van der Waals surface area contributed by atoms with Gasteiger partial charge in [0.15, 0.2) is 5.82 Å². The van der Waals surface area contributed by atoms with Crippen LogP contribution in [0.5, 0.6) is 0 Å². The maximum Gasteiger partial charge on any atom is 0.411 e. The third-order valence-electron chi connectivity index (χ3n) is 8.11. The molecule has 3 aromatic rings. The predicted molar refractivity (Wildman–Crippen MR) is 168 cm³/mol. The van der Waals surface area contributed by atoms with E-state index < -0.39 is 11.9 Å². The van der Waals surface area contributed by atoms with Gasteiger partial charge in [-0.15, -0.1) is 6.42 Å². The molecule has 0 unspecified atom stereocenters. The molecular weight excluding hydrogens is 583 g/mol. The third kappa shape index (κ3) is 6.46. The second-order valence-corrected chi connectivity index (χ2v) is 11.3. The van der Waals surface area contributed by atoms with Crippen molar-refractivity contribution < 1.29 is 23.5 Å². The number of amides is 3. The molecular formula is C34H32ClFN4O4. The molecule has 0 saturated heterocycles. The van der Waals surface area contributed by atoms with Gasteiger partial charge in [-0.05, 0) is 66.8 Å². The summed E-state index contributed by atoms with van der Waals surface area (Å²) < 4.78 is 19.8. The van der Waals surface area contributed by atoms with Crippen molar-refractivity contribution in [1.29, 1.82) is 0 Å². The van der Waals surface area contributed by atoms with Crippen LogP contribution in [0.3, 0.4) is 0 Å². The number of ether oxygens (including phenoxy) is 1. The van der Waals surface area contributed by atoms with Crippen LogP contribution in [0, 0.1) is 24.1 Å². The highest BCUT2D eigenvalue weighted by Crippen LogP contribution is 2.38. The van der Waals surface area contributed by atoms with E-state index in [9.17, 15) is 14.4 Å². The number of hydrogen-bond acceptors (Lipinski definition) is 5. The van der Waals surface area contributed by atoms with Crippen LogP contribution in [0.2, 0.25) is 5.02 Å². The number of rotatable bonds is 3. The molecule has 2 aliphatic heterocycles. The number of methoxy groups -OCH3 is 1. The average Bonchev–Trinajstić information content (AvgIpc) is 3.02. The summed E-state index contributed by atoms with van der Waals surface area (Å²) in [5, 5.41) is 5.62. The highest BCUT2D eigenvalue weighted by atomic mass is 35.5. The lowest BCUT2D eigenvalue weighted by molar-refractivity contribution is -0.129. The molecule has 0 radical (unpaired) electrons. The molecule has 1 aromatic heterocycles. The molecule has 3 heterocycles. The molecule has 2 N–H and O–H groups in total. The molecule has 0 fully saturated rings. The van der Waals surface area contributed by atoms with Crippen LogP contribution in [-0.2, 0) is 14.3 Å². The van der Waals surface area contributed by atoms with Gasteiger partial charge < -0.3 is 15.0 Å². The fourth-order valence-corrected chi connectivity index (χ4v) is 5.89. The standard InChI is InChI=1S/C34H32ClFN4O4/c1-4-21-9-12-26(35)32(36)31(21)23-14-16-40(30(41)18-23)29-8-6-5-7-20(2)33(42)39-27-19-24(38-34(43)44-3)10-11-25(27)22-13-15-37-28(29)17-22/h1,9-13,15,17-20,29H,5-8,14,16H2,2-3H3,(H,38,43)(H,39,42)/t20-,29+/m1/s1. The number of halogens is 2. The van der Waals surface area contributed by atoms with E-state index in [4.69, 9.17) is 22.8 Å². The van der Waals surface area contributed by atoms with Gasteiger partial charge in [0.25, 0.3) is 0 Å². The van der Waals surface area contributed by atoms with E-state index in [1.54, 1.807) is 29.3 Å². The molecule has 0 saturated carbocycles. The Balaban J connectivity index is 1.53. The monoisotopic (exact) mass is 614 g/mol. The molecule has 44 heavy (non-hydrogen) atoms. The summed E-state index contributed by atoms with van der Waals surface area (Å²) in [4.78, 5) is 45.1. The lowest BCUT2D eigenvalue weighted by atomic mass is 9.92. The number of fused-ring (bicyclic) bond motifs is 4. The van der Waals surface area contributed by atoms with E-state index >= 15 is 4.39 Å². The molecule has 2 aromatic carbocycles. The van der Waals surface area contributed by atoms with Crippen LogP contribution in [-0.4, -0.2) is 41.4 Å². The molecule has 8 nitrogen and oxygen atoms in total. The molecule has 5 rings (SSSR count). The first-order valence-electron chi connectivity index (χ1n) is 14.4. The molecule has 2 aliphatic rings. The zero-order valence-corrected chi connectivity index (χ0v) is 25.2. The van der Waals surface area contributed by atoms with E-state index in [1.807, 2.05) is 25.1 Å². The smallest absolute Gasteiger partial charge is 0.411 e. The number of nitrogens with zero attached hydrogens (tertiary/aromatic N) is 2. The first kappa shape index (κ1) is 30.8. The fourth-order valence-electron chi connectivity index (χ4n) is 5.73. The molecule has 0 spiro atoms. The second-order valence-electron chi connectivity index (χ2n) is 10.9. The van der Waals surface area contributed by atoms with Gasteiger partial charge in [0.1, 0.15) is 0 Å². The van der Waals surface area contributed by atoms with Gasteiger partial charge in [0.2, 0.25) is 11.8 Å². The van der Waals surface area contributed by atoms with E-state index in [1.165, 1.54) is 19.3 Å². The first-order valence-corrected chi connectivity index (χ1v) is 14.8. The zero-order chi connectivity index (χ0) is 31.4. The minimum Gasteiger partial charge on any atom is -0.453 e. The average molecular weight is 615 g/mol.